The van der Waals surface area contributed by atoms with E-state index in [-0.39, 0.29) is 46.5 Å². The zero-order valence-corrected chi connectivity index (χ0v) is 18.5. The van der Waals surface area contributed by atoms with Gasteiger partial charge < -0.3 is 15.7 Å². The first-order valence-corrected chi connectivity index (χ1v) is 8.49. The Bertz CT molecular complexity index is 944. The van der Waals surface area contributed by atoms with Gasteiger partial charge in [-0.25, -0.2) is 0 Å². The monoisotopic (exact) mass is 444 g/mol. The van der Waals surface area contributed by atoms with E-state index in [1.807, 2.05) is 0 Å². The number of amides is 1. The molecule has 12 nitrogen and oxygen atoms in total. The van der Waals surface area contributed by atoms with Crippen molar-refractivity contribution in [2.45, 2.75) is 17.9 Å². The van der Waals surface area contributed by atoms with Gasteiger partial charge in [0.05, 0.1) is 21.9 Å². The molecule has 0 heterocycles. The number of hydrogen-bond donors (Lipinski definition) is 2. The molecule has 1 unspecified atom stereocenters. The summed E-state index contributed by atoms with van der Waals surface area (Å²) < 4.78 is 4.05. The van der Waals surface area contributed by atoms with Crippen molar-refractivity contribution in [2.75, 3.05) is 5.32 Å². The number of para-hydroxylation sites is 1. The Kier molecular flexibility index (Phi) is 10.5. The predicted octanol–water partition coefficient (Wildman–Crippen LogP) is -0.785. The Hall–Kier alpha value is -2.39. The number of ketones is 1. The van der Waals surface area contributed by atoms with Gasteiger partial charge in [0.2, 0.25) is 6.04 Å². The average molecular weight is 444 g/mol. The Morgan fingerprint density at radius 3 is 2.50 bits per heavy atom. The van der Waals surface area contributed by atoms with Gasteiger partial charge in [-0.3, -0.25) is 24.7 Å². The average Bonchev–Trinajstić information content (AvgIpc) is 2.68. The van der Waals surface area contributed by atoms with Crippen molar-refractivity contribution >= 4 is 40.8 Å². The van der Waals surface area contributed by atoms with E-state index in [1.165, 1.54) is 0 Å². The number of anilines is 1. The first-order valence-electron chi connectivity index (χ1n) is 7.75. The molecule has 0 fully saturated rings. The summed E-state index contributed by atoms with van der Waals surface area (Å²) in [7, 11) is 0. The van der Waals surface area contributed by atoms with E-state index in [9.17, 15) is 30.1 Å². The minimum atomic E-state index is -1.56. The van der Waals surface area contributed by atoms with Crippen LogP contribution in [0.25, 0.3) is 0 Å². The number of phenolic OH excluding ortho intramolecular Hbond substituents is 1. The van der Waals surface area contributed by atoms with Gasteiger partial charge in [-0.2, -0.15) is 14.6 Å². The third-order valence-electron chi connectivity index (χ3n) is 3.36. The molecular weight excluding hydrogens is 431 g/mol. The molecule has 0 spiro atoms. The number of nitro benzene ring substituents is 1. The van der Waals surface area contributed by atoms with E-state index in [2.05, 4.69) is 24.9 Å². The Morgan fingerprint density at radius 2 is 1.93 bits per heavy atom. The summed E-state index contributed by atoms with van der Waals surface area (Å²) in [6, 6.07) is 8.49. The topological polar surface area (TPSA) is 176 Å². The molecule has 0 aliphatic heterocycles. The van der Waals surface area contributed by atoms with Gasteiger partial charge in [0, 0.05) is 17.8 Å². The molecule has 1 atom stereocenters. The Labute approximate surface area is 195 Å². The third-order valence-corrected chi connectivity index (χ3v) is 3.97. The Morgan fingerprint density at radius 1 is 1.27 bits per heavy atom. The van der Waals surface area contributed by atoms with Crippen LogP contribution in [-0.2, 0) is 19.0 Å². The van der Waals surface area contributed by atoms with Gasteiger partial charge in [-0.15, -0.1) is 0 Å². The van der Waals surface area contributed by atoms with E-state index < -0.39 is 39.8 Å². The van der Waals surface area contributed by atoms with E-state index in [4.69, 9.17) is 0 Å². The fraction of sp³-hybridized carbons (Fsp3) is 0.125. The van der Waals surface area contributed by atoms with E-state index in [0.29, 0.717) is 5.69 Å². The van der Waals surface area contributed by atoms with Gasteiger partial charge in [-0.1, -0.05) is 18.2 Å². The van der Waals surface area contributed by atoms with Gasteiger partial charge in [0.25, 0.3) is 11.6 Å². The van der Waals surface area contributed by atoms with Crippen molar-refractivity contribution in [3.63, 3.8) is 0 Å². The summed E-state index contributed by atoms with van der Waals surface area (Å²) in [5.41, 5.74) is -0.512. The molecule has 0 aliphatic carbocycles. The Balaban J connectivity index is 0.00000450. The number of carbonyl (C=O) groups is 2. The number of benzene rings is 2. The van der Waals surface area contributed by atoms with Crippen molar-refractivity contribution in [1.82, 2.24) is 0 Å². The number of non-ortho nitro benzene ring substituents is 1. The quantitative estimate of drug-likeness (QED) is 0.0955. The number of phenols is 1. The second-order valence-electron chi connectivity index (χ2n) is 5.37. The normalized spacial score (nSPS) is 11.5. The molecule has 30 heavy (non-hydrogen) atoms. The standard InChI is InChI=1S/C16H14N4O8S.Na/c1-9(21)14(16(23)17-10-5-3-2-4-6-10)19-18-12-7-11(20(24)25)8-13(15(12)22)29-28-27-26;/h2-8,14,22,26H,1H3,(H,17,23);/q;+1/p-1. The largest absolute Gasteiger partial charge is 1.00 e. The van der Waals surface area contributed by atoms with E-state index in [0.717, 1.165) is 19.1 Å². The summed E-state index contributed by atoms with van der Waals surface area (Å²) in [4.78, 5) is 34.1. The summed E-state index contributed by atoms with van der Waals surface area (Å²) in [5.74, 6) is -2.06. The molecule has 152 valence electrons. The fourth-order valence-corrected chi connectivity index (χ4v) is 2.50. The molecule has 14 heteroatoms. The van der Waals surface area contributed by atoms with Crippen LogP contribution in [0, 0.1) is 10.1 Å². The number of hydrogen-bond acceptors (Lipinski definition) is 11. The number of azo groups is 1. The third kappa shape index (κ3) is 7.14. The number of carbonyl (C=O) groups excluding carboxylic acids is 2. The SMILES string of the molecule is CC(=O)C(N=Nc1cc([N+](=O)[O-])cc(SOO[O-])c1O)C(=O)Nc1ccccc1.[Na+]. The van der Waals surface area contributed by atoms with Crippen LogP contribution in [0.5, 0.6) is 5.75 Å². The van der Waals surface area contributed by atoms with Crippen LogP contribution < -0.4 is 40.1 Å². The molecule has 2 N–H and O–H groups in total. The van der Waals surface area contributed by atoms with Crippen LogP contribution in [0.4, 0.5) is 17.1 Å². The number of rotatable bonds is 9. The second-order valence-corrected chi connectivity index (χ2v) is 6.11. The molecule has 0 saturated carbocycles. The number of Topliss-reactive ketones (excluding diaryl/α,β-unsaturated/α-hetero) is 1. The van der Waals surface area contributed by atoms with Gasteiger partial charge in [-0.05, 0) is 19.1 Å². The van der Waals surface area contributed by atoms with Crippen LogP contribution >= 0.6 is 12.0 Å². The van der Waals surface area contributed by atoms with Crippen LogP contribution in [0.3, 0.4) is 0 Å². The summed E-state index contributed by atoms with van der Waals surface area (Å²) in [6.07, 6.45) is 0. The van der Waals surface area contributed by atoms with E-state index in [1.54, 1.807) is 30.3 Å². The molecule has 2 rings (SSSR count). The summed E-state index contributed by atoms with van der Waals surface area (Å²) in [5, 5.41) is 44.0. The maximum Gasteiger partial charge on any atom is 1.00 e. The smallest absolute Gasteiger partial charge is 0.691 e. The van der Waals surface area contributed by atoms with Crippen molar-refractivity contribution in [2.24, 2.45) is 10.2 Å². The van der Waals surface area contributed by atoms with Crippen molar-refractivity contribution in [3.8, 4) is 5.75 Å². The van der Waals surface area contributed by atoms with Crippen molar-refractivity contribution in [1.29, 1.82) is 0 Å². The van der Waals surface area contributed by atoms with Crippen molar-refractivity contribution in [3.05, 3.63) is 52.6 Å². The number of aromatic hydroxyl groups is 1. The molecule has 0 bridgehead atoms. The molecule has 2 aromatic carbocycles. The molecular formula is C16H13N4NaO8S. The zero-order valence-electron chi connectivity index (χ0n) is 15.7. The van der Waals surface area contributed by atoms with Crippen molar-refractivity contribution < 1.29 is 63.8 Å². The number of nitrogens with one attached hydrogen (secondary N) is 1. The van der Waals surface area contributed by atoms with Crippen LogP contribution in [-0.4, -0.2) is 27.8 Å². The minimum absolute atomic E-state index is 0. The first-order chi connectivity index (χ1) is 13.8. The van der Waals surface area contributed by atoms with Crippen LogP contribution in [0.2, 0.25) is 0 Å². The summed E-state index contributed by atoms with van der Waals surface area (Å²) >= 11 is 0.204. The molecule has 2 aromatic rings. The van der Waals surface area contributed by atoms with Crippen LogP contribution in [0.15, 0.2) is 57.6 Å². The molecule has 0 aliphatic rings. The molecule has 0 radical (unpaired) electrons. The van der Waals surface area contributed by atoms with Gasteiger partial charge in [0.1, 0.15) is 5.69 Å². The molecule has 0 aromatic heterocycles. The minimum Gasteiger partial charge on any atom is -0.691 e. The van der Waals surface area contributed by atoms with Gasteiger partial charge in [0.15, 0.2) is 11.5 Å². The number of nitro groups is 1. The van der Waals surface area contributed by atoms with E-state index >= 15 is 0 Å². The fourth-order valence-electron chi connectivity index (χ4n) is 2.05. The molecule has 0 saturated heterocycles. The maximum absolute atomic E-state index is 12.3. The van der Waals surface area contributed by atoms with Crippen LogP contribution in [0.1, 0.15) is 6.92 Å². The first kappa shape index (κ1) is 25.6. The second kappa shape index (κ2) is 12.3. The summed E-state index contributed by atoms with van der Waals surface area (Å²) in [6.45, 7) is 1.11. The molecule has 1 amide bonds. The zero-order chi connectivity index (χ0) is 21.4. The maximum atomic E-state index is 12.3. The van der Waals surface area contributed by atoms with Gasteiger partial charge >= 0.3 is 29.6 Å². The predicted molar refractivity (Wildman–Crippen MR) is 96.8 cm³/mol. The number of nitrogens with zero attached hydrogens (tertiary/aromatic N) is 3.